The fourth-order valence-electron chi connectivity index (χ4n) is 2.77. The molecule has 0 aliphatic heterocycles. The highest BCUT2D eigenvalue weighted by Gasteiger charge is 2.21. The molecule has 0 saturated carbocycles. The average Bonchev–Trinajstić information content (AvgIpc) is 2.47. The van der Waals surface area contributed by atoms with Crippen molar-refractivity contribution in [1.29, 1.82) is 0 Å². The van der Waals surface area contributed by atoms with Crippen molar-refractivity contribution >= 4 is 27.3 Å². The van der Waals surface area contributed by atoms with Crippen LogP contribution in [-0.2, 0) is 22.9 Å². The molecule has 0 aromatic heterocycles. The highest BCUT2D eigenvalue weighted by Crippen LogP contribution is 2.30. The van der Waals surface area contributed by atoms with Crippen LogP contribution in [0, 0.1) is 5.82 Å². The summed E-state index contributed by atoms with van der Waals surface area (Å²) in [6.07, 6.45) is 3.98. The second kappa shape index (κ2) is 5.89. The van der Waals surface area contributed by atoms with Gasteiger partial charge < -0.3 is 0 Å². The molecule has 1 N–H and O–H groups in total. The van der Waals surface area contributed by atoms with Crippen molar-refractivity contribution < 1.29 is 12.8 Å². The third-order valence-electron chi connectivity index (χ3n) is 3.82. The minimum Gasteiger partial charge on any atom is -0.279 e. The highest BCUT2D eigenvalue weighted by molar-refractivity contribution is 7.92. The van der Waals surface area contributed by atoms with Crippen molar-refractivity contribution in [2.45, 2.75) is 30.6 Å². The van der Waals surface area contributed by atoms with E-state index in [2.05, 4.69) is 4.72 Å². The van der Waals surface area contributed by atoms with Crippen LogP contribution in [0.3, 0.4) is 0 Å². The number of hydrogen-bond donors (Lipinski definition) is 1. The van der Waals surface area contributed by atoms with Crippen molar-refractivity contribution in [2.24, 2.45) is 0 Å². The molecule has 0 unspecified atom stereocenters. The van der Waals surface area contributed by atoms with Gasteiger partial charge in [0, 0.05) is 0 Å². The summed E-state index contributed by atoms with van der Waals surface area (Å²) in [5.74, 6) is -0.568. The molecule has 0 saturated heterocycles. The Morgan fingerprint density at radius 3 is 2.64 bits per heavy atom. The van der Waals surface area contributed by atoms with Crippen molar-refractivity contribution in [3.8, 4) is 0 Å². The molecular weight excluding hydrogens is 325 g/mol. The molecule has 0 atom stereocenters. The molecule has 2 aromatic rings. The molecule has 0 radical (unpaired) electrons. The molecule has 1 aliphatic rings. The van der Waals surface area contributed by atoms with Crippen LogP contribution in [0.4, 0.5) is 10.1 Å². The Labute approximate surface area is 134 Å². The van der Waals surface area contributed by atoms with Crippen LogP contribution in [0.25, 0.3) is 0 Å². The minimum atomic E-state index is -3.84. The van der Waals surface area contributed by atoms with E-state index in [0.717, 1.165) is 43.4 Å². The van der Waals surface area contributed by atoms with Crippen molar-refractivity contribution in [1.82, 2.24) is 0 Å². The monoisotopic (exact) mass is 339 g/mol. The zero-order valence-electron chi connectivity index (χ0n) is 11.8. The van der Waals surface area contributed by atoms with Gasteiger partial charge in [0.05, 0.1) is 10.7 Å². The van der Waals surface area contributed by atoms with Crippen LogP contribution in [-0.4, -0.2) is 8.42 Å². The zero-order chi connectivity index (χ0) is 15.7. The van der Waals surface area contributed by atoms with Crippen LogP contribution in [0.2, 0.25) is 5.02 Å². The Hall–Kier alpha value is -1.59. The van der Waals surface area contributed by atoms with Gasteiger partial charge in [0.2, 0.25) is 0 Å². The number of hydrogen-bond acceptors (Lipinski definition) is 2. The summed E-state index contributed by atoms with van der Waals surface area (Å²) in [6, 6.07) is 8.87. The van der Waals surface area contributed by atoms with Gasteiger partial charge >= 0.3 is 0 Å². The Morgan fingerprint density at radius 2 is 1.86 bits per heavy atom. The lowest BCUT2D eigenvalue weighted by Crippen LogP contribution is -2.16. The van der Waals surface area contributed by atoms with Crippen molar-refractivity contribution in [2.75, 3.05) is 4.72 Å². The van der Waals surface area contributed by atoms with Gasteiger partial charge in [0.1, 0.15) is 10.7 Å². The Morgan fingerprint density at radius 1 is 1.09 bits per heavy atom. The first kappa shape index (κ1) is 15.3. The van der Waals surface area contributed by atoms with E-state index < -0.39 is 15.8 Å². The van der Waals surface area contributed by atoms with Crippen LogP contribution in [0.5, 0.6) is 0 Å². The largest absolute Gasteiger partial charge is 0.279 e. The summed E-state index contributed by atoms with van der Waals surface area (Å²) in [5, 5.41) is -0.128. The SMILES string of the molecule is O=S(=O)(Nc1cccc2c1CCCC2)c1ccc(F)cc1Cl. The van der Waals surface area contributed by atoms with Crippen LogP contribution in [0.1, 0.15) is 24.0 Å². The lowest BCUT2D eigenvalue weighted by Gasteiger charge is -2.20. The number of aryl methyl sites for hydroxylation is 1. The minimum absolute atomic E-state index is 0.121. The van der Waals surface area contributed by atoms with Crippen molar-refractivity contribution in [3.05, 3.63) is 58.4 Å². The lowest BCUT2D eigenvalue weighted by molar-refractivity contribution is 0.599. The first-order valence-electron chi connectivity index (χ1n) is 7.06. The van der Waals surface area contributed by atoms with Crippen LogP contribution >= 0.6 is 11.6 Å². The Bertz CT molecular complexity index is 821. The first-order chi connectivity index (χ1) is 10.5. The van der Waals surface area contributed by atoms with Gasteiger partial charge in [0.25, 0.3) is 10.0 Å². The molecule has 2 aromatic carbocycles. The second-order valence-corrected chi connectivity index (χ2v) is 7.39. The molecule has 6 heteroatoms. The summed E-state index contributed by atoms with van der Waals surface area (Å²) in [7, 11) is -3.84. The maximum atomic E-state index is 13.1. The van der Waals surface area contributed by atoms with E-state index in [0.29, 0.717) is 5.69 Å². The standard InChI is InChI=1S/C16H15ClFNO2S/c17-14-10-12(18)8-9-16(14)22(20,21)19-15-7-3-5-11-4-1-2-6-13(11)15/h3,5,7-10,19H,1-2,4,6H2. The molecule has 0 heterocycles. The molecule has 116 valence electrons. The quantitative estimate of drug-likeness (QED) is 0.912. The molecule has 0 spiro atoms. The van der Waals surface area contributed by atoms with Gasteiger partial charge in [-0.25, -0.2) is 12.8 Å². The third kappa shape index (κ3) is 2.96. The van der Waals surface area contributed by atoms with Gasteiger partial charge in [-0.1, -0.05) is 23.7 Å². The maximum Gasteiger partial charge on any atom is 0.263 e. The molecule has 3 nitrogen and oxygen atoms in total. The van der Waals surface area contributed by atoms with Gasteiger partial charge in [0.15, 0.2) is 0 Å². The smallest absolute Gasteiger partial charge is 0.263 e. The Kier molecular flexibility index (Phi) is 4.10. The third-order valence-corrected chi connectivity index (χ3v) is 5.67. The summed E-state index contributed by atoms with van der Waals surface area (Å²) < 4.78 is 40.7. The predicted molar refractivity (Wildman–Crippen MR) is 85.3 cm³/mol. The number of anilines is 1. The lowest BCUT2D eigenvalue weighted by atomic mass is 9.91. The number of nitrogens with one attached hydrogen (secondary N) is 1. The van der Waals surface area contributed by atoms with Crippen molar-refractivity contribution in [3.63, 3.8) is 0 Å². The normalized spacial score (nSPS) is 14.5. The number of benzene rings is 2. The number of halogens is 2. The predicted octanol–water partition coefficient (Wildman–Crippen LogP) is 4.16. The van der Waals surface area contributed by atoms with Gasteiger partial charge in [-0.2, -0.15) is 0 Å². The first-order valence-corrected chi connectivity index (χ1v) is 8.92. The fourth-order valence-corrected chi connectivity index (χ4v) is 4.40. The fraction of sp³-hybridized carbons (Fsp3) is 0.250. The number of sulfonamides is 1. The van der Waals surface area contributed by atoms with Gasteiger partial charge in [-0.15, -0.1) is 0 Å². The average molecular weight is 340 g/mol. The molecule has 3 rings (SSSR count). The van der Waals surface area contributed by atoms with E-state index in [1.807, 2.05) is 12.1 Å². The van der Waals surface area contributed by atoms with Gasteiger partial charge in [-0.05, 0) is 61.1 Å². The van der Waals surface area contributed by atoms with E-state index >= 15 is 0 Å². The summed E-state index contributed by atoms with van der Waals surface area (Å²) >= 11 is 5.86. The van der Waals surface area contributed by atoms with E-state index in [9.17, 15) is 12.8 Å². The molecule has 0 fully saturated rings. The summed E-state index contributed by atoms with van der Waals surface area (Å²) in [4.78, 5) is -0.121. The topological polar surface area (TPSA) is 46.2 Å². The molecule has 0 amide bonds. The summed E-state index contributed by atoms with van der Waals surface area (Å²) in [6.45, 7) is 0. The van der Waals surface area contributed by atoms with Crippen LogP contribution in [0.15, 0.2) is 41.3 Å². The molecule has 1 aliphatic carbocycles. The zero-order valence-corrected chi connectivity index (χ0v) is 13.3. The molecule has 22 heavy (non-hydrogen) atoms. The second-order valence-electron chi connectivity index (χ2n) is 5.33. The molecule has 0 bridgehead atoms. The summed E-state index contributed by atoms with van der Waals surface area (Å²) in [5.41, 5.74) is 2.80. The Balaban J connectivity index is 1.98. The van der Waals surface area contributed by atoms with E-state index in [-0.39, 0.29) is 9.92 Å². The van der Waals surface area contributed by atoms with E-state index in [1.165, 1.54) is 11.6 Å². The highest BCUT2D eigenvalue weighted by atomic mass is 35.5. The van der Waals surface area contributed by atoms with Gasteiger partial charge in [-0.3, -0.25) is 4.72 Å². The van der Waals surface area contributed by atoms with E-state index in [4.69, 9.17) is 11.6 Å². The number of fused-ring (bicyclic) bond motifs is 1. The van der Waals surface area contributed by atoms with E-state index in [1.54, 1.807) is 6.07 Å². The number of rotatable bonds is 3. The van der Waals surface area contributed by atoms with Crippen LogP contribution < -0.4 is 4.72 Å². The molecular formula is C16H15ClFNO2S. The maximum absolute atomic E-state index is 13.1.